The van der Waals surface area contributed by atoms with Crippen molar-refractivity contribution in [2.75, 3.05) is 19.6 Å². The number of likely N-dealkylation sites (tertiary alicyclic amines) is 1. The second-order valence-electron chi connectivity index (χ2n) is 13.2. The molecule has 2 aromatic carbocycles. The van der Waals surface area contributed by atoms with Crippen LogP contribution in [0.5, 0.6) is 0 Å². The van der Waals surface area contributed by atoms with Gasteiger partial charge in [-0.1, -0.05) is 25.4 Å². The molecular formula is C36H44ClF2N3O4. The first kappa shape index (κ1) is 35.4. The number of nitrogens with zero attached hydrogens (tertiary/aromatic N) is 3. The maximum absolute atomic E-state index is 15.7. The molecule has 2 atom stereocenters. The molecule has 0 amide bonds. The predicted molar refractivity (Wildman–Crippen MR) is 177 cm³/mol. The second-order valence-corrected chi connectivity index (χ2v) is 13.7. The minimum absolute atomic E-state index is 0.0554. The van der Waals surface area contributed by atoms with Gasteiger partial charge in [0.05, 0.1) is 12.1 Å². The molecule has 1 saturated heterocycles. The third kappa shape index (κ3) is 8.48. The van der Waals surface area contributed by atoms with Gasteiger partial charge >= 0.3 is 5.97 Å². The van der Waals surface area contributed by atoms with Crippen LogP contribution in [0.15, 0.2) is 35.1 Å². The van der Waals surface area contributed by atoms with Crippen LogP contribution < -0.4 is 5.56 Å². The molecule has 1 aromatic heterocycles. The number of carbonyl (C=O) groups excluding carboxylic acids is 1. The smallest absolute Gasteiger partial charge is 0.303 e. The van der Waals surface area contributed by atoms with Crippen LogP contribution in [0, 0.1) is 39.4 Å². The van der Waals surface area contributed by atoms with Crippen molar-refractivity contribution in [1.29, 1.82) is 0 Å². The average molecular weight is 656 g/mol. The highest BCUT2D eigenvalue weighted by Crippen LogP contribution is 2.37. The van der Waals surface area contributed by atoms with Crippen molar-refractivity contribution in [1.82, 2.24) is 14.7 Å². The Kier molecular flexibility index (Phi) is 11.5. The highest BCUT2D eigenvalue weighted by molar-refractivity contribution is 6.30. The number of aromatic nitrogens is 2. The quantitative estimate of drug-likeness (QED) is 0.196. The summed E-state index contributed by atoms with van der Waals surface area (Å²) in [6.45, 7) is 12.5. The van der Waals surface area contributed by atoms with E-state index in [4.69, 9.17) is 11.6 Å². The topological polar surface area (TPSA) is 92.5 Å². The molecule has 46 heavy (non-hydrogen) atoms. The van der Waals surface area contributed by atoms with E-state index < -0.39 is 29.9 Å². The molecule has 3 aromatic rings. The lowest BCUT2D eigenvalue weighted by atomic mass is 9.84. The van der Waals surface area contributed by atoms with Gasteiger partial charge in [-0.25, -0.2) is 13.5 Å². The number of rotatable bonds is 14. The SMILES string of the molecule is Cc1cc(-c2c(C)cc(Cl)cc2C)cc([C@@H](CCC(=O)[C@H](CC(C)C)n2nc(CCN3CC(F)C3)cc(C)c2=O)CC(=O)O)c1F. The third-order valence-electron chi connectivity index (χ3n) is 8.79. The lowest BCUT2D eigenvalue weighted by Gasteiger charge is -2.34. The number of hydrogen-bond acceptors (Lipinski definition) is 5. The fourth-order valence-corrected chi connectivity index (χ4v) is 6.81. The molecule has 7 nitrogen and oxygen atoms in total. The van der Waals surface area contributed by atoms with E-state index in [2.05, 4.69) is 5.10 Å². The molecule has 0 bridgehead atoms. The van der Waals surface area contributed by atoms with E-state index in [0.717, 1.165) is 22.3 Å². The molecule has 1 aliphatic rings. The first-order chi connectivity index (χ1) is 21.6. The van der Waals surface area contributed by atoms with E-state index >= 15 is 4.39 Å². The molecule has 248 valence electrons. The summed E-state index contributed by atoms with van der Waals surface area (Å²) in [6.07, 6.45) is -0.258. The number of carboxylic acids is 1. The summed E-state index contributed by atoms with van der Waals surface area (Å²) in [5.74, 6) is -2.56. The Hall–Kier alpha value is -3.43. The monoisotopic (exact) mass is 655 g/mol. The molecule has 0 unspecified atom stereocenters. The van der Waals surface area contributed by atoms with Crippen molar-refractivity contribution in [2.24, 2.45) is 5.92 Å². The molecule has 0 radical (unpaired) electrons. The summed E-state index contributed by atoms with van der Waals surface area (Å²) in [4.78, 5) is 41.1. The van der Waals surface area contributed by atoms with E-state index in [0.29, 0.717) is 54.3 Å². The van der Waals surface area contributed by atoms with Crippen LogP contribution >= 0.6 is 11.6 Å². The van der Waals surface area contributed by atoms with Crippen LogP contribution in [0.1, 0.15) is 85.0 Å². The molecule has 10 heteroatoms. The van der Waals surface area contributed by atoms with Crippen LogP contribution in [0.4, 0.5) is 8.78 Å². The molecule has 0 spiro atoms. The Balaban J connectivity index is 1.64. The van der Waals surface area contributed by atoms with Crippen LogP contribution in [-0.4, -0.2) is 57.3 Å². The van der Waals surface area contributed by atoms with Gasteiger partial charge < -0.3 is 5.11 Å². The van der Waals surface area contributed by atoms with Crippen molar-refractivity contribution < 1.29 is 23.5 Å². The van der Waals surface area contributed by atoms with E-state index in [1.54, 1.807) is 32.0 Å². The van der Waals surface area contributed by atoms with Gasteiger partial charge in [-0.15, -0.1) is 0 Å². The number of carboxylic acid groups (broad SMARTS) is 1. The summed E-state index contributed by atoms with van der Waals surface area (Å²) in [5.41, 5.74) is 4.85. The van der Waals surface area contributed by atoms with Gasteiger partial charge in [-0.3, -0.25) is 19.3 Å². The highest BCUT2D eigenvalue weighted by Gasteiger charge is 2.29. The number of aliphatic carboxylic acids is 1. The van der Waals surface area contributed by atoms with Crippen LogP contribution in [0.2, 0.25) is 5.02 Å². The van der Waals surface area contributed by atoms with Crippen LogP contribution in [0.3, 0.4) is 0 Å². The molecule has 1 aliphatic heterocycles. The summed E-state index contributed by atoms with van der Waals surface area (Å²) >= 11 is 6.25. The van der Waals surface area contributed by atoms with Gasteiger partial charge in [0.1, 0.15) is 18.0 Å². The number of alkyl halides is 1. The Morgan fingerprint density at radius 3 is 2.26 bits per heavy atom. The zero-order valence-electron chi connectivity index (χ0n) is 27.5. The fraction of sp³-hybridized carbons (Fsp3) is 0.500. The number of hydrogen-bond donors (Lipinski definition) is 1. The number of benzene rings is 2. The van der Waals surface area contributed by atoms with Crippen molar-refractivity contribution in [3.05, 3.63) is 85.0 Å². The fourth-order valence-electron chi connectivity index (χ4n) is 6.48. The molecule has 4 rings (SSSR count). The Morgan fingerprint density at radius 1 is 1.02 bits per heavy atom. The Bertz CT molecular complexity index is 1640. The third-order valence-corrected chi connectivity index (χ3v) is 9.01. The first-order valence-electron chi connectivity index (χ1n) is 15.9. The summed E-state index contributed by atoms with van der Waals surface area (Å²) in [5, 5.41) is 15.0. The summed E-state index contributed by atoms with van der Waals surface area (Å²) in [6, 6.07) is 7.97. The van der Waals surface area contributed by atoms with Crippen LogP contribution in [0.25, 0.3) is 11.1 Å². The molecule has 1 N–H and O–H groups in total. The van der Waals surface area contributed by atoms with E-state index in [1.165, 1.54) is 4.68 Å². The second kappa shape index (κ2) is 15.0. The minimum Gasteiger partial charge on any atom is -0.481 e. The number of halogens is 3. The molecule has 2 heterocycles. The largest absolute Gasteiger partial charge is 0.481 e. The zero-order chi connectivity index (χ0) is 33.9. The zero-order valence-corrected chi connectivity index (χ0v) is 28.3. The van der Waals surface area contributed by atoms with Crippen molar-refractivity contribution >= 4 is 23.4 Å². The van der Waals surface area contributed by atoms with Gasteiger partial charge in [-0.2, -0.15) is 5.10 Å². The predicted octanol–water partition coefficient (Wildman–Crippen LogP) is 7.33. The maximum atomic E-state index is 15.7. The van der Waals surface area contributed by atoms with E-state index in [1.807, 2.05) is 44.7 Å². The van der Waals surface area contributed by atoms with E-state index in [-0.39, 0.29) is 42.1 Å². The standard InChI is InChI=1S/C36H44ClF2N3O4/c1-20(2)11-31(42-36(46)24(6)15-29(40-42)9-10-41-18-28(38)19-41)32(43)8-7-25(17-33(44)45)30-16-26(12-23(5)35(30)39)34-21(3)13-27(37)14-22(34)4/h12-16,20,25,28,31H,7-11,17-19H2,1-6H3,(H,44,45)/t25-,31-/m0/s1. The van der Waals surface area contributed by atoms with Gasteiger partial charge in [0.2, 0.25) is 0 Å². The number of carbonyl (C=O) groups is 2. The minimum atomic E-state index is -1.10. The van der Waals surface area contributed by atoms with Gasteiger partial charge in [-0.05, 0) is 116 Å². The highest BCUT2D eigenvalue weighted by atomic mass is 35.5. The van der Waals surface area contributed by atoms with Gasteiger partial charge in [0.15, 0.2) is 5.78 Å². The Morgan fingerprint density at radius 2 is 1.67 bits per heavy atom. The lowest BCUT2D eigenvalue weighted by molar-refractivity contribution is -0.137. The summed E-state index contributed by atoms with van der Waals surface area (Å²) in [7, 11) is 0. The van der Waals surface area contributed by atoms with Crippen molar-refractivity contribution in [3.63, 3.8) is 0 Å². The number of ketones is 1. The van der Waals surface area contributed by atoms with Crippen LogP contribution in [-0.2, 0) is 16.0 Å². The molecule has 0 saturated carbocycles. The van der Waals surface area contributed by atoms with Gasteiger partial charge in [0, 0.05) is 43.1 Å². The maximum Gasteiger partial charge on any atom is 0.303 e. The van der Waals surface area contributed by atoms with Gasteiger partial charge in [0.25, 0.3) is 5.56 Å². The molecule has 0 aliphatic carbocycles. The van der Waals surface area contributed by atoms with Crippen molar-refractivity contribution in [3.8, 4) is 11.1 Å². The molecular weight excluding hydrogens is 612 g/mol. The lowest BCUT2D eigenvalue weighted by Crippen LogP contribution is -2.49. The normalized spacial score (nSPS) is 15.2. The van der Waals surface area contributed by atoms with E-state index in [9.17, 15) is 23.9 Å². The Labute approximate surface area is 274 Å². The van der Waals surface area contributed by atoms with Crippen molar-refractivity contribution in [2.45, 2.75) is 91.8 Å². The average Bonchev–Trinajstić information content (AvgIpc) is 2.94. The molecule has 1 fully saturated rings. The number of aryl methyl sites for hydroxylation is 4. The summed E-state index contributed by atoms with van der Waals surface area (Å²) < 4.78 is 30.3. The number of Topliss-reactive ketones (excluding diaryl/α,β-unsaturated/α-hetero) is 1. The first-order valence-corrected chi connectivity index (χ1v) is 16.3.